The molecule has 0 saturated heterocycles. The Morgan fingerprint density at radius 3 is 1.81 bits per heavy atom. The van der Waals surface area contributed by atoms with Crippen LogP contribution < -0.4 is 0 Å². The number of hydrogen-bond donors (Lipinski definition) is 0. The Balaban J connectivity index is 2.26. The zero-order valence-corrected chi connectivity index (χ0v) is 11.0. The van der Waals surface area contributed by atoms with Crippen LogP contribution in [0.2, 0.25) is 0 Å². The number of hydrogen-bond acceptors (Lipinski definition) is 1. The van der Waals surface area contributed by atoms with Crippen LogP contribution in [0.3, 0.4) is 0 Å². The molecule has 1 aliphatic rings. The van der Waals surface area contributed by atoms with Gasteiger partial charge in [-0.2, -0.15) is 0 Å². The maximum Gasteiger partial charge on any atom is 0.0915 e. The van der Waals surface area contributed by atoms with Crippen LogP contribution in [0, 0.1) is 0 Å². The average Bonchev–Trinajstić information content (AvgIpc) is 2.32. The van der Waals surface area contributed by atoms with Gasteiger partial charge in [-0.05, 0) is 25.3 Å². The molecular weight excluding hydrogens is 196 g/mol. The van der Waals surface area contributed by atoms with Gasteiger partial charge in [0.05, 0.1) is 12.9 Å². The highest BCUT2D eigenvalue weighted by Crippen LogP contribution is 2.16. The van der Waals surface area contributed by atoms with Crippen LogP contribution in [0.1, 0.15) is 77.0 Å². The smallest absolute Gasteiger partial charge is 0.0915 e. The molecule has 94 valence electrons. The van der Waals surface area contributed by atoms with Crippen molar-refractivity contribution >= 4 is 0 Å². The highest BCUT2D eigenvalue weighted by Gasteiger charge is 1.99. The van der Waals surface area contributed by atoms with Crippen LogP contribution in [0.5, 0.6) is 0 Å². The van der Waals surface area contributed by atoms with Gasteiger partial charge in [-0.15, -0.1) is 0 Å². The largest absolute Gasteiger partial charge is 0.501 e. The Bertz CT molecular complexity index is 184. The lowest BCUT2D eigenvalue weighted by atomic mass is 10.0. The molecule has 1 heteroatoms. The standard InChI is InChI=1S/C15H28O/c1-16-15-13-11-9-7-5-3-2-4-6-8-10-12-14-15/h13H,2-12,14H2,1H3/b15-13+. The summed E-state index contributed by atoms with van der Waals surface area (Å²) in [5.41, 5.74) is 0. The van der Waals surface area contributed by atoms with Gasteiger partial charge < -0.3 is 4.74 Å². The number of ether oxygens (including phenoxy) is 1. The highest BCUT2D eigenvalue weighted by atomic mass is 16.5. The second-order valence-corrected chi connectivity index (χ2v) is 4.95. The fraction of sp³-hybridized carbons (Fsp3) is 0.867. The van der Waals surface area contributed by atoms with Crippen molar-refractivity contribution in [2.45, 2.75) is 77.0 Å². The van der Waals surface area contributed by atoms with Crippen molar-refractivity contribution in [3.8, 4) is 0 Å². The summed E-state index contributed by atoms with van der Waals surface area (Å²) in [6.07, 6.45) is 18.7. The SMILES string of the molecule is CO/C1=C/CCCCCCCCCCCC1. The maximum atomic E-state index is 5.41. The first-order chi connectivity index (χ1) is 7.93. The third-order valence-electron chi connectivity index (χ3n) is 3.51. The normalized spacial score (nSPS) is 25.2. The molecule has 0 atom stereocenters. The molecular formula is C15H28O. The molecule has 0 spiro atoms. The summed E-state index contributed by atoms with van der Waals surface area (Å²) in [6.45, 7) is 0. The monoisotopic (exact) mass is 224 g/mol. The molecule has 0 amide bonds. The summed E-state index contributed by atoms with van der Waals surface area (Å²) < 4.78 is 5.41. The third-order valence-corrected chi connectivity index (χ3v) is 3.51. The minimum absolute atomic E-state index is 1.15. The molecule has 0 bridgehead atoms. The highest BCUT2D eigenvalue weighted by molar-refractivity contribution is 4.92. The summed E-state index contributed by atoms with van der Waals surface area (Å²) in [6, 6.07) is 0. The molecule has 16 heavy (non-hydrogen) atoms. The Kier molecular flexibility index (Phi) is 8.28. The number of allylic oxidation sites excluding steroid dienone is 2. The Labute approximate surface area is 101 Å². The molecule has 0 N–H and O–H groups in total. The molecule has 0 unspecified atom stereocenters. The summed E-state index contributed by atoms with van der Waals surface area (Å²) in [4.78, 5) is 0. The van der Waals surface area contributed by atoms with Crippen molar-refractivity contribution in [3.63, 3.8) is 0 Å². The molecule has 0 aromatic carbocycles. The van der Waals surface area contributed by atoms with Crippen LogP contribution in [-0.2, 0) is 4.74 Å². The zero-order valence-electron chi connectivity index (χ0n) is 11.0. The van der Waals surface area contributed by atoms with Gasteiger partial charge in [0.2, 0.25) is 0 Å². The van der Waals surface area contributed by atoms with E-state index in [2.05, 4.69) is 6.08 Å². The van der Waals surface area contributed by atoms with Crippen molar-refractivity contribution in [2.24, 2.45) is 0 Å². The molecule has 1 aliphatic carbocycles. The lowest BCUT2D eigenvalue weighted by molar-refractivity contribution is 0.271. The van der Waals surface area contributed by atoms with Gasteiger partial charge >= 0.3 is 0 Å². The fourth-order valence-corrected chi connectivity index (χ4v) is 2.41. The minimum atomic E-state index is 1.15. The molecule has 0 heterocycles. The van der Waals surface area contributed by atoms with Gasteiger partial charge in [0.15, 0.2) is 0 Å². The van der Waals surface area contributed by atoms with E-state index < -0.39 is 0 Å². The Morgan fingerprint density at radius 2 is 1.25 bits per heavy atom. The van der Waals surface area contributed by atoms with Crippen molar-refractivity contribution in [2.75, 3.05) is 7.11 Å². The van der Waals surface area contributed by atoms with Crippen LogP contribution in [0.4, 0.5) is 0 Å². The van der Waals surface area contributed by atoms with Gasteiger partial charge in [0.1, 0.15) is 0 Å². The molecule has 0 aromatic heterocycles. The van der Waals surface area contributed by atoms with Crippen LogP contribution in [0.25, 0.3) is 0 Å². The summed E-state index contributed by atoms with van der Waals surface area (Å²) >= 11 is 0. The van der Waals surface area contributed by atoms with Gasteiger partial charge in [-0.3, -0.25) is 0 Å². The number of methoxy groups -OCH3 is 1. The molecule has 0 aromatic rings. The zero-order chi connectivity index (χ0) is 11.5. The predicted octanol–water partition coefficient (Wildman–Crippen LogP) is 5.21. The quantitative estimate of drug-likeness (QED) is 0.594. The lowest BCUT2D eigenvalue weighted by Gasteiger charge is -2.08. The molecule has 0 radical (unpaired) electrons. The Hall–Kier alpha value is -0.460. The second-order valence-electron chi connectivity index (χ2n) is 4.95. The van der Waals surface area contributed by atoms with Crippen LogP contribution in [-0.4, -0.2) is 7.11 Å². The van der Waals surface area contributed by atoms with E-state index in [1.807, 2.05) is 7.11 Å². The van der Waals surface area contributed by atoms with Gasteiger partial charge in [0, 0.05) is 6.42 Å². The van der Waals surface area contributed by atoms with E-state index in [1.165, 1.54) is 76.4 Å². The van der Waals surface area contributed by atoms with Crippen LogP contribution >= 0.6 is 0 Å². The van der Waals surface area contributed by atoms with Crippen molar-refractivity contribution in [3.05, 3.63) is 11.8 Å². The maximum absolute atomic E-state index is 5.41. The summed E-state index contributed by atoms with van der Waals surface area (Å²) in [5.74, 6) is 1.22. The lowest BCUT2D eigenvalue weighted by Crippen LogP contribution is -1.90. The van der Waals surface area contributed by atoms with E-state index >= 15 is 0 Å². The van der Waals surface area contributed by atoms with E-state index in [9.17, 15) is 0 Å². The minimum Gasteiger partial charge on any atom is -0.501 e. The molecule has 0 saturated carbocycles. The van der Waals surface area contributed by atoms with Gasteiger partial charge in [0.25, 0.3) is 0 Å². The van der Waals surface area contributed by atoms with E-state index in [4.69, 9.17) is 4.74 Å². The number of rotatable bonds is 1. The summed E-state index contributed by atoms with van der Waals surface area (Å²) in [7, 11) is 1.81. The fourth-order valence-electron chi connectivity index (χ4n) is 2.41. The predicted molar refractivity (Wildman–Crippen MR) is 70.5 cm³/mol. The van der Waals surface area contributed by atoms with Crippen molar-refractivity contribution in [1.82, 2.24) is 0 Å². The Morgan fingerprint density at radius 1 is 0.750 bits per heavy atom. The third kappa shape index (κ3) is 6.92. The van der Waals surface area contributed by atoms with E-state index in [0.717, 1.165) is 6.42 Å². The first kappa shape index (κ1) is 13.6. The van der Waals surface area contributed by atoms with E-state index in [1.54, 1.807) is 0 Å². The topological polar surface area (TPSA) is 9.23 Å². The first-order valence-electron chi connectivity index (χ1n) is 7.16. The first-order valence-corrected chi connectivity index (χ1v) is 7.16. The molecule has 1 nitrogen and oxygen atoms in total. The van der Waals surface area contributed by atoms with Crippen molar-refractivity contribution < 1.29 is 4.74 Å². The molecule has 0 aliphatic heterocycles. The molecule has 1 rings (SSSR count). The average molecular weight is 224 g/mol. The van der Waals surface area contributed by atoms with Crippen molar-refractivity contribution in [1.29, 1.82) is 0 Å². The van der Waals surface area contributed by atoms with E-state index in [-0.39, 0.29) is 0 Å². The van der Waals surface area contributed by atoms with E-state index in [0.29, 0.717) is 0 Å². The second kappa shape index (κ2) is 9.74. The van der Waals surface area contributed by atoms with Gasteiger partial charge in [-0.1, -0.05) is 51.4 Å². The van der Waals surface area contributed by atoms with Gasteiger partial charge in [-0.25, -0.2) is 0 Å². The van der Waals surface area contributed by atoms with Crippen LogP contribution in [0.15, 0.2) is 11.8 Å². The summed E-state index contributed by atoms with van der Waals surface area (Å²) in [5, 5.41) is 0. The molecule has 0 fully saturated rings.